The number of ether oxygens (including phenoxy) is 2. The topological polar surface area (TPSA) is 63.7 Å². The molecule has 0 bridgehead atoms. The molecule has 2 saturated heterocycles. The highest BCUT2D eigenvalue weighted by molar-refractivity contribution is 5.89. The fourth-order valence-corrected chi connectivity index (χ4v) is 2.95. The molecule has 0 aliphatic carbocycles. The molecule has 3 rings (SSSR count). The van der Waals surface area contributed by atoms with Crippen LogP contribution in [0, 0.1) is 0 Å². The highest BCUT2D eigenvalue weighted by Crippen LogP contribution is 2.18. The summed E-state index contributed by atoms with van der Waals surface area (Å²) in [6, 6.07) is 3.53. The van der Waals surface area contributed by atoms with Crippen LogP contribution in [-0.2, 0) is 9.47 Å². The van der Waals surface area contributed by atoms with Crippen LogP contribution in [0.1, 0.15) is 25.7 Å². The molecule has 120 valence electrons. The molecule has 0 radical (unpaired) electrons. The van der Waals surface area contributed by atoms with E-state index in [1.165, 1.54) is 0 Å². The molecule has 2 amide bonds. The van der Waals surface area contributed by atoms with Gasteiger partial charge in [-0.15, -0.1) is 0 Å². The normalized spacial score (nSPS) is 24.4. The van der Waals surface area contributed by atoms with Crippen molar-refractivity contribution < 1.29 is 14.3 Å². The maximum Gasteiger partial charge on any atom is 0.322 e. The summed E-state index contributed by atoms with van der Waals surface area (Å²) >= 11 is 0. The van der Waals surface area contributed by atoms with Crippen LogP contribution in [0.2, 0.25) is 0 Å². The Hall–Kier alpha value is -1.66. The summed E-state index contributed by atoms with van der Waals surface area (Å²) < 4.78 is 11.3. The number of urea groups is 1. The summed E-state index contributed by atoms with van der Waals surface area (Å²) in [5.41, 5.74) is 0.706. The van der Waals surface area contributed by atoms with Crippen molar-refractivity contribution in [3.63, 3.8) is 0 Å². The van der Waals surface area contributed by atoms with Crippen LogP contribution >= 0.6 is 0 Å². The number of hydrogen-bond acceptors (Lipinski definition) is 4. The summed E-state index contributed by atoms with van der Waals surface area (Å²) in [4.78, 5) is 18.4. The van der Waals surface area contributed by atoms with Gasteiger partial charge in [0.1, 0.15) is 0 Å². The third-order valence-corrected chi connectivity index (χ3v) is 4.10. The van der Waals surface area contributed by atoms with E-state index in [-0.39, 0.29) is 18.2 Å². The molecule has 2 atom stereocenters. The van der Waals surface area contributed by atoms with Gasteiger partial charge in [-0.1, -0.05) is 0 Å². The molecule has 1 aromatic rings. The molecule has 3 heterocycles. The van der Waals surface area contributed by atoms with Crippen molar-refractivity contribution in [2.45, 2.75) is 37.9 Å². The lowest BCUT2D eigenvalue weighted by molar-refractivity contribution is 0.0524. The highest BCUT2D eigenvalue weighted by Gasteiger charge is 2.26. The van der Waals surface area contributed by atoms with Gasteiger partial charge in [0.25, 0.3) is 0 Å². The fourth-order valence-electron chi connectivity index (χ4n) is 2.95. The number of aromatic nitrogens is 1. The zero-order valence-corrected chi connectivity index (χ0v) is 12.7. The third kappa shape index (κ3) is 4.18. The monoisotopic (exact) mass is 305 g/mol. The molecule has 0 saturated carbocycles. The predicted octanol–water partition coefficient (Wildman–Crippen LogP) is 2.27. The summed E-state index contributed by atoms with van der Waals surface area (Å²) in [5, 5.41) is 2.90. The maximum atomic E-state index is 12.6. The Morgan fingerprint density at radius 1 is 1.23 bits per heavy atom. The Kier molecular flexibility index (Phi) is 5.24. The molecule has 1 aromatic heterocycles. The predicted molar refractivity (Wildman–Crippen MR) is 82.8 cm³/mol. The molecule has 22 heavy (non-hydrogen) atoms. The maximum absolute atomic E-state index is 12.6. The van der Waals surface area contributed by atoms with Crippen LogP contribution in [0.5, 0.6) is 0 Å². The van der Waals surface area contributed by atoms with E-state index >= 15 is 0 Å². The van der Waals surface area contributed by atoms with Crippen LogP contribution in [-0.4, -0.2) is 54.4 Å². The van der Waals surface area contributed by atoms with Crippen molar-refractivity contribution in [3.8, 4) is 0 Å². The zero-order valence-electron chi connectivity index (χ0n) is 12.7. The van der Waals surface area contributed by atoms with Crippen LogP contribution in [0.4, 0.5) is 10.5 Å². The Morgan fingerprint density at radius 2 is 1.91 bits per heavy atom. The SMILES string of the molecule is O=C(Nc1cccnc1)N(C[C@H]1CCCO1)C[C@H]1CCCO1. The second-order valence-corrected chi connectivity index (χ2v) is 5.85. The zero-order chi connectivity index (χ0) is 15.2. The summed E-state index contributed by atoms with van der Waals surface area (Å²) in [5.74, 6) is 0. The number of nitrogens with zero attached hydrogens (tertiary/aromatic N) is 2. The van der Waals surface area contributed by atoms with Gasteiger partial charge >= 0.3 is 6.03 Å². The molecule has 2 fully saturated rings. The Balaban J connectivity index is 1.61. The van der Waals surface area contributed by atoms with Crippen LogP contribution in [0.15, 0.2) is 24.5 Å². The molecule has 2 aliphatic heterocycles. The number of carbonyl (C=O) groups excluding carboxylic acids is 1. The van der Waals surface area contributed by atoms with Crippen molar-refractivity contribution in [3.05, 3.63) is 24.5 Å². The summed E-state index contributed by atoms with van der Waals surface area (Å²) in [6.07, 6.45) is 7.79. The van der Waals surface area contributed by atoms with E-state index < -0.39 is 0 Å². The quantitative estimate of drug-likeness (QED) is 0.906. The number of carbonyl (C=O) groups is 1. The van der Waals surface area contributed by atoms with Crippen LogP contribution in [0.3, 0.4) is 0 Å². The molecule has 1 N–H and O–H groups in total. The second kappa shape index (κ2) is 7.56. The molecule has 2 aliphatic rings. The van der Waals surface area contributed by atoms with Crippen molar-refractivity contribution >= 4 is 11.7 Å². The smallest absolute Gasteiger partial charge is 0.322 e. The first-order valence-electron chi connectivity index (χ1n) is 8.00. The van der Waals surface area contributed by atoms with Gasteiger partial charge in [-0.2, -0.15) is 0 Å². The number of amides is 2. The Labute approximate surface area is 130 Å². The van der Waals surface area contributed by atoms with Gasteiger partial charge in [-0.05, 0) is 37.8 Å². The first kappa shape index (κ1) is 15.2. The molecular weight excluding hydrogens is 282 g/mol. The number of hydrogen-bond donors (Lipinski definition) is 1. The van der Waals surface area contributed by atoms with Crippen molar-refractivity contribution in [1.29, 1.82) is 0 Å². The van der Waals surface area contributed by atoms with Crippen molar-refractivity contribution in [2.75, 3.05) is 31.6 Å². The molecular formula is C16H23N3O3. The summed E-state index contributed by atoms with van der Waals surface area (Å²) in [7, 11) is 0. The minimum atomic E-state index is -0.112. The van der Waals surface area contributed by atoms with E-state index in [1.54, 1.807) is 18.5 Å². The minimum absolute atomic E-state index is 0.112. The Morgan fingerprint density at radius 3 is 2.41 bits per heavy atom. The second-order valence-electron chi connectivity index (χ2n) is 5.85. The summed E-state index contributed by atoms with van der Waals surface area (Å²) in [6.45, 7) is 2.82. The molecule has 6 nitrogen and oxygen atoms in total. The van der Waals surface area contributed by atoms with Gasteiger partial charge in [-0.3, -0.25) is 4.98 Å². The Bertz CT molecular complexity index is 453. The molecule has 0 unspecified atom stereocenters. The van der Waals surface area contributed by atoms with Gasteiger partial charge in [0, 0.05) is 32.5 Å². The molecule has 0 spiro atoms. The first-order valence-corrected chi connectivity index (χ1v) is 8.00. The largest absolute Gasteiger partial charge is 0.376 e. The number of rotatable bonds is 5. The third-order valence-electron chi connectivity index (χ3n) is 4.10. The lowest BCUT2D eigenvalue weighted by Crippen LogP contribution is -2.44. The van der Waals surface area contributed by atoms with Crippen LogP contribution < -0.4 is 5.32 Å². The van der Waals surface area contributed by atoms with E-state index in [0.29, 0.717) is 18.8 Å². The minimum Gasteiger partial charge on any atom is -0.376 e. The van der Waals surface area contributed by atoms with Crippen molar-refractivity contribution in [2.24, 2.45) is 0 Å². The van der Waals surface area contributed by atoms with Crippen LogP contribution in [0.25, 0.3) is 0 Å². The lowest BCUT2D eigenvalue weighted by atomic mass is 10.2. The number of anilines is 1. The van der Waals surface area contributed by atoms with Crippen molar-refractivity contribution in [1.82, 2.24) is 9.88 Å². The number of nitrogens with one attached hydrogen (secondary N) is 1. The average Bonchev–Trinajstić information content (AvgIpc) is 3.21. The van der Waals surface area contributed by atoms with E-state index in [0.717, 1.165) is 38.9 Å². The van der Waals surface area contributed by atoms with E-state index in [2.05, 4.69) is 10.3 Å². The van der Waals surface area contributed by atoms with Gasteiger partial charge in [0.05, 0.1) is 24.1 Å². The number of pyridine rings is 1. The van der Waals surface area contributed by atoms with Gasteiger partial charge in [0.15, 0.2) is 0 Å². The van der Waals surface area contributed by atoms with Gasteiger partial charge in [0.2, 0.25) is 0 Å². The average molecular weight is 305 g/mol. The standard InChI is InChI=1S/C16H23N3O3/c20-16(18-13-4-1-7-17-10-13)19(11-14-5-2-8-21-14)12-15-6-3-9-22-15/h1,4,7,10,14-15H,2-3,5-6,8-9,11-12H2,(H,18,20)/t14-,15-/m1/s1. The first-order chi connectivity index (χ1) is 10.8. The molecule has 0 aromatic carbocycles. The lowest BCUT2D eigenvalue weighted by Gasteiger charge is -2.27. The highest BCUT2D eigenvalue weighted by atomic mass is 16.5. The van der Waals surface area contributed by atoms with E-state index in [1.807, 2.05) is 11.0 Å². The van der Waals surface area contributed by atoms with E-state index in [9.17, 15) is 4.79 Å². The van der Waals surface area contributed by atoms with E-state index in [4.69, 9.17) is 9.47 Å². The van der Waals surface area contributed by atoms with Gasteiger partial charge < -0.3 is 19.7 Å². The van der Waals surface area contributed by atoms with Gasteiger partial charge in [-0.25, -0.2) is 4.79 Å². The fraction of sp³-hybridized carbons (Fsp3) is 0.625. The molecule has 6 heteroatoms.